The van der Waals surface area contributed by atoms with E-state index < -0.39 is 11.8 Å². The van der Waals surface area contributed by atoms with Crippen LogP contribution < -0.4 is 11.0 Å². The van der Waals surface area contributed by atoms with E-state index in [9.17, 15) is 9.59 Å². The summed E-state index contributed by atoms with van der Waals surface area (Å²) in [6.45, 7) is 0.105. The fourth-order valence-electron chi connectivity index (χ4n) is 1.82. The van der Waals surface area contributed by atoms with Crippen LogP contribution in [0.3, 0.4) is 0 Å². The second kappa shape index (κ2) is 5.86. The molecule has 1 amide bonds. The van der Waals surface area contributed by atoms with Gasteiger partial charge in [0.05, 0.1) is 0 Å². The summed E-state index contributed by atoms with van der Waals surface area (Å²) in [6, 6.07) is 9.21. The number of nitrogens with one attached hydrogen (secondary N) is 2. The van der Waals surface area contributed by atoms with Crippen molar-refractivity contribution in [3.63, 3.8) is 0 Å². The number of fused-ring (bicyclic) bond motifs is 1. The highest BCUT2D eigenvalue weighted by molar-refractivity contribution is 6.33. The molecule has 0 atom stereocenters. The molecule has 0 saturated carbocycles. The molecule has 0 radical (unpaired) electrons. The van der Waals surface area contributed by atoms with Crippen molar-refractivity contribution in [1.29, 1.82) is 0 Å². The number of carbonyl (C=O) groups excluding carboxylic acids is 1. The molecule has 0 bridgehead atoms. The number of carbonyl (C=O) groups is 1. The number of amides is 1. The summed E-state index contributed by atoms with van der Waals surface area (Å²) in [5.74, 6) is 0. The number of rotatable bonds is 3. The van der Waals surface area contributed by atoms with Crippen molar-refractivity contribution in [3.05, 3.63) is 57.9 Å². The predicted octanol–water partition coefficient (Wildman–Crippen LogP) is 1.82. The monoisotopic (exact) mass is 319 g/mol. The Hall–Kier alpha value is -2.87. The average molecular weight is 320 g/mol. The first kappa shape index (κ1) is 14.1. The second-order valence-corrected chi connectivity index (χ2v) is 4.68. The minimum atomic E-state index is -0.726. The van der Waals surface area contributed by atoms with E-state index in [2.05, 4.69) is 20.5 Å². The minimum absolute atomic E-state index is 0.00293. The van der Waals surface area contributed by atoms with Crippen LogP contribution in [0.5, 0.6) is 0 Å². The van der Waals surface area contributed by atoms with Crippen LogP contribution in [0.15, 0.2) is 41.5 Å². The zero-order valence-electron chi connectivity index (χ0n) is 11.1. The van der Waals surface area contributed by atoms with Gasteiger partial charge in [0.2, 0.25) is 0 Å². The standard InChI is InChI=1S/C13H10ClN5O3/c14-10-9(11-17-18-12(20)19(11)7-15-10)16-13(21)22-6-8-4-2-1-3-5-8/h1-5,7H,6H2,(H,16,21)(H,18,20). The lowest BCUT2D eigenvalue weighted by molar-refractivity contribution is 0.155. The second-order valence-electron chi connectivity index (χ2n) is 4.32. The van der Waals surface area contributed by atoms with Crippen molar-refractivity contribution in [2.75, 3.05) is 5.32 Å². The van der Waals surface area contributed by atoms with Gasteiger partial charge >= 0.3 is 11.8 Å². The summed E-state index contributed by atoms with van der Waals surface area (Å²) >= 11 is 5.92. The number of benzene rings is 1. The molecule has 2 aromatic heterocycles. The topological polar surface area (TPSA) is 101 Å². The van der Waals surface area contributed by atoms with Gasteiger partial charge in [0.1, 0.15) is 18.6 Å². The van der Waals surface area contributed by atoms with E-state index in [4.69, 9.17) is 16.3 Å². The summed E-state index contributed by atoms with van der Waals surface area (Å²) in [5.41, 5.74) is 0.609. The molecule has 1 aromatic carbocycles. The highest BCUT2D eigenvalue weighted by Gasteiger charge is 2.15. The van der Waals surface area contributed by atoms with Gasteiger partial charge in [-0.2, -0.15) is 5.10 Å². The first-order valence-electron chi connectivity index (χ1n) is 6.24. The third-order valence-electron chi connectivity index (χ3n) is 2.86. The number of anilines is 1. The average Bonchev–Trinajstić information content (AvgIpc) is 2.91. The van der Waals surface area contributed by atoms with Crippen molar-refractivity contribution in [3.8, 4) is 0 Å². The molecule has 2 heterocycles. The summed E-state index contributed by atoms with van der Waals surface area (Å²) in [4.78, 5) is 27.1. The number of ether oxygens (including phenoxy) is 1. The summed E-state index contributed by atoms with van der Waals surface area (Å²) in [7, 11) is 0. The molecule has 0 saturated heterocycles. The lowest BCUT2D eigenvalue weighted by Gasteiger charge is -2.08. The Kier molecular flexibility index (Phi) is 3.75. The maximum atomic E-state index is 11.8. The Morgan fingerprint density at radius 3 is 2.91 bits per heavy atom. The number of H-pyrrole nitrogens is 1. The number of hydrogen-bond acceptors (Lipinski definition) is 5. The molecule has 0 aliphatic rings. The Morgan fingerprint density at radius 1 is 1.36 bits per heavy atom. The van der Waals surface area contributed by atoms with Crippen LogP contribution in [-0.2, 0) is 11.3 Å². The number of aromatic nitrogens is 4. The van der Waals surface area contributed by atoms with Crippen molar-refractivity contribution >= 4 is 29.0 Å². The number of hydrogen-bond donors (Lipinski definition) is 2. The Labute approximate surface area is 128 Å². The third-order valence-corrected chi connectivity index (χ3v) is 3.15. The largest absolute Gasteiger partial charge is 0.444 e. The van der Waals surface area contributed by atoms with Gasteiger partial charge < -0.3 is 4.74 Å². The van der Waals surface area contributed by atoms with Gasteiger partial charge in [0.15, 0.2) is 10.8 Å². The normalized spacial score (nSPS) is 10.6. The van der Waals surface area contributed by atoms with Gasteiger partial charge in [-0.15, -0.1) is 0 Å². The van der Waals surface area contributed by atoms with Crippen molar-refractivity contribution < 1.29 is 9.53 Å². The molecule has 0 aliphatic carbocycles. The highest BCUT2D eigenvalue weighted by Crippen LogP contribution is 2.22. The van der Waals surface area contributed by atoms with Crippen molar-refractivity contribution in [2.24, 2.45) is 0 Å². The first-order valence-corrected chi connectivity index (χ1v) is 6.62. The minimum Gasteiger partial charge on any atom is -0.444 e. The smallest absolute Gasteiger partial charge is 0.412 e. The molecule has 3 rings (SSSR count). The first-order chi connectivity index (χ1) is 10.6. The molecular weight excluding hydrogens is 310 g/mol. The molecule has 0 aliphatic heterocycles. The third kappa shape index (κ3) is 2.77. The van der Waals surface area contributed by atoms with E-state index in [0.29, 0.717) is 0 Å². The summed E-state index contributed by atoms with van der Waals surface area (Å²) in [6.07, 6.45) is 0.486. The van der Waals surface area contributed by atoms with Crippen LogP contribution in [0.4, 0.5) is 10.5 Å². The Balaban J connectivity index is 1.77. The fourth-order valence-corrected chi connectivity index (χ4v) is 2.00. The van der Waals surface area contributed by atoms with E-state index in [1.54, 1.807) is 0 Å². The van der Waals surface area contributed by atoms with Gasteiger partial charge in [-0.25, -0.2) is 24.1 Å². The SMILES string of the molecule is O=C(Nc1c(Cl)ncn2c(=O)[nH]nc12)OCc1ccccc1. The maximum absolute atomic E-state index is 11.8. The van der Waals surface area contributed by atoms with Gasteiger partial charge in [-0.05, 0) is 5.56 Å². The van der Waals surface area contributed by atoms with E-state index >= 15 is 0 Å². The van der Waals surface area contributed by atoms with Gasteiger partial charge in [0.25, 0.3) is 0 Å². The number of halogens is 1. The molecule has 0 spiro atoms. The molecule has 22 heavy (non-hydrogen) atoms. The lowest BCUT2D eigenvalue weighted by Crippen LogP contribution is -2.16. The molecule has 9 heteroatoms. The molecule has 3 aromatic rings. The fraction of sp³-hybridized carbons (Fsp3) is 0.0769. The van der Waals surface area contributed by atoms with Crippen LogP contribution in [0.1, 0.15) is 5.56 Å². The molecule has 8 nitrogen and oxygen atoms in total. The van der Waals surface area contributed by atoms with Gasteiger partial charge in [-0.1, -0.05) is 41.9 Å². The number of nitrogens with zero attached hydrogens (tertiary/aromatic N) is 3. The Bertz CT molecular complexity index is 874. The predicted molar refractivity (Wildman–Crippen MR) is 78.9 cm³/mol. The summed E-state index contributed by atoms with van der Waals surface area (Å²) < 4.78 is 6.20. The van der Waals surface area contributed by atoms with Crippen molar-refractivity contribution in [2.45, 2.75) is 6.61 Å². The zero-order chi connectivity index (χ0) is 15.5. The molecule has 112 valence electrons. The lowest BCUT2D eigenvalue weighted by atomic mass is 10.2. The van der Waals surface area contributed by atoms with E-state index in [-0.39, 0.29) is 23.1 Å². The van der Waals surface area contributed by atoms with E-state index in [0.717, 1.165) is 9.96 Å². The maximum Gasteiger partial charge on any atom is 0.412 e. The summed E-state index contributed by atoms with van der Waals surface area (Å²) in [5, 5.41) is 8.46. The van der Waals surface area contributed by atoms with Gasteiger partial charge in [0, 0.05) is 0 Å². The van der Waals surface area contributed by atoms with Crippen LogP contribution in [0.25, 0.3) is 5.65 Å². The van der Waals surface area contributed by atoms with Gasteiger partial charge in [-0.3, -0.25) is 5.32 Å². The quantitative estimate of drug-likeness (QED) is 0.717. The van der Waals surface area contributed by atoms with E-state index in [1.165, 1.54) is 6.33 Å². The number of aromatic amines is 1. The van der Waals surface area contributed by atoms with Crippen LogP contribution in [0, 0.1) is 0 Å². The zero-order valence-corrected chi connectivity index (χ0v) is 11.9. The van der Waals surface area contributed by atoms with E-state index in [1.807, 2.05) is 30.3 Å². The Morgan fingerprint density at radius 2 is 2.14 bits per heavy atom. The molecule has 0 unspecified atom stereocenters. The highest BCUT2D eigenvalue weighted by atomic mass is 35.5. The van der Waals surface area contributed by atoms with Crippen LogP contribution in [0.2, 0.25) is 5.15 Å². The van der Waals surface area contributed by atoms with Crippen molar-refractivity contribution in [1.82, 2.24) is 19.6 Å². The van der Waals surface area contributed by atoms with Crippen LogP contribution >= 0.6 is 11.6 Å². The van der Waals surface area contributed by atoms with Crippen LogP contribution in [-0.4, -0.2) is 25.7 Å². The molecule has 0 fully saturated rings. The molecule has 2 N–H and O–H groups in total. The molecular formula is C13H10ClN5O3.